The zero-order valence-corrected chi connectivity index (χ0v) is 21.5. The third kappa shape index (κ3) is 5.87. The van der Waals surface area contributed by atoms with Crippen LogP contribution in [0.5, 0.6) is 0 Å². The van der Waals surface area contributed by atoms with Crippen LogP contribution in [0.15, 0.2) is 60.9 Å². The van der Waals surface area contributed by atoms with Crippen LogP contribution in [0.25, 0.3) is 22.4 Å². The van der Waals surface area contributed by atoms with Gasteiger partial charge in [0.25, 0.3) is 0 Å². The first-order valence-electron chi connectivity index (χ1n) is 12.3. The first kappa shape index (κ1) is 25.0. The van der Waals surface area contributed by atoms with Crippen LogP contribution in [0.1, 0.15) is 37.2 Å². The molecule has 1 atom stereocenters. The Morgan fingerprint density at radius 3 is 2.49 bits per heavy atom. The summed E-state index contributed by atoms with van der Waals surface area (Å²) in [6, 6.07) is 14.6. The number of hydrogen-bond acceptors (Lipinski definition) is 7. The molecule has 2 aromatic carbocycles. The summed E-state index contributed by atoms with van der Waals surface area (Å²) in [7, 11) is 0. The number of rotatable bonds is 6. The predicted octanol–water partition coefficient (Wildman–Crippen LogP) is 5.84. The van der Waals surface area contributed by atoms with Crippen LogP contribution in [0.4, 0.5) is 16.2 Å². The van der Waals surface area contributed by atoms with Crippen molar-refractivity contribution >= 4 is 23.4 Å². The molecule has 2 N–H and O–H groups in total. The number of nitrogens with one attached hydrogen (secondary N) is 1. The average Bonchev–Trinajstić information content (AvgIpc) is 2.90. The van der Waals surface area contributed by atoms with Gasteiger partial charge in [-0.25, -0.2) is 24.3 Å². The maximum atomic E-state index is 14.0. The maximum Gasteiger partial charge on any atom is 0.225 e. The predicted molar refractivity (Wildman–Crippen MR) is 144 cm³/mol. The normalized spacial score (nSPS) is 15.0. The second kappa shape index (κ2) is 10.8. The first-order chi connectivity index (χ1) is 17.9. The Bertz CT molecular complexity index is 1390. The summed E-state index contributed by atoms with van der Waals surface area (Å²) in [4.78, 5) is 20.2. The third-order valence-electron chi connectivity index (χ3n) is 6.52. The fraction of sp³-hybridized carbons (Fsp3) is 0.286. The van der Waals surface area contributed by atoms with Crippen molar-refractivity contribution in [2.24, 2.45) is 0 Å². The Labute approximate surface area is 220 Å². The molecule has 0 bridgehead atoms. The maximum absolute atomic E-state index is 14.0. The van der Waals surface area contributed by atoms with Gasteiger partial charge in [0.1, 0.15) is 17.5 Å². The van der Waals surface area contributed by atoms with Crippen LogP contribution >= 0.6 is 11.6 Å². The second-order valence-corrected chi connectivity index (χ2v) is 9.70. The van der Waals surface area contributed by atoms with Crippen molar-refractivity contribution in [3.63, 3.8) is 0 Å². The van der Waals surface area contributed by atoms with Crippen molar-refractivity contribution < 1.29 is 9.50 Å². The number of anilines is 2. The summed E-state index contributed by atoms with van der Waals surface area (Å²) in [6.45, 7) is 5.39. The number of aromatic nitrogens is 4. The largest absolute Gasteiger partial charge is 0.393 e. The zero-order chi connectivity index (χ0) is 25.9. The van der Waals surface area contributed by atoms with Crippen molar-refractivity contribution in [1.82, 2.24) is 19.9 Å². The SMILES string of the molecule is Cc1nc(N[C@@H](C)c2cccc(-c3cnc(N4CCC(O)CC4)nc3)c2)cc(-c2ccc(Cl)c(F)c2)n1. The van der Waals surface area contributed by atoms with Crippen LogP contribution in [0, 0.1) is 12.7 Å². The molecule has 0 aliphatic carbocycles. The van der Waals surface area contributed by atoms with E-state index in [1.807, 2.05) is 37.5 Å². The summed E-state index contributed by atoms with van der Waals surface area (Å²) in [5, 5.41) is 13.2. The second-order valence-electron chi connectivity index (χ2n) is 9.30. The molecule has 0 radical (unpaired) electrons. The molecule has 2 aromatic heterocycles. The van der Waals surface area contributed by atoms with Crippen LogP contribution in [-0.2, 0) is 0 Å². The molecule has 190 valence electrons. The molecule has 9 heteroatoms. The highest BCUT2D eigenvalue weighted by Crippen LogP contribution is 2.28. The monoisotopic (exact) mass is 518 g/mol. The van der Waals surface area contributed by atoms with Gasteiger partial charge in [-0.3, -0.25) is 0 Å². The quantitative estimate of drug-likeness (QED) is 0.332. The van der Waals surface area contributed by atoms with E-state index in [9.17, 15) is 9.50 Å². The Hall–Kier alpha value is -3.62. The van der Waals surface area contributed by atoms with Gasteiger partial charge in [0.05, 0.1) is 16.8 Å². The molecule has 4 aromatic rings. The zero-order valence-electron chi connectivity index (χ0n) is 20.7. The van der Waals surface area contributed by atoms with Crippen molar-refractivity contribution in [3.05, 3.63) is 83.2 Å². The van der Waals surface area contributed by atoms with Crippen molar-refractivity contribution in [3.8, 4) is 22.4 Å². The van der Waals surface area contributed by atoms with Gasteiger partial charge in [-0.1, -0.05) is 35.9 Å². The van der Waals surface area contributed by atoms with Crippen molar-refractivity contribution in [1.29, 1.82) is 0 Å². The molecule has 3 heterocycles. The highest BCUT2D eigenvalue weighted by molar-refractivity contribution is 6.30. The lowest BCUT2D eigenvalue weighted by Gasteiger charge is -2.29. The minimum atomic E-state index is -0.484. The highest BCUT2D eigenvalue weighted by atomic mass is 35.5. The van der Waals surface area contributed by atoms with E-state index in [0.717, 1.165) is 42.6 Å². The number of hydrogen-bond donors (Lipinski definition) is 2. The van der Waals surface area contributed by atoms with E-state index in [1.165, 1.54) is 12.1 Å². The van der Waals surface area contributed by atoms with Gasteiger partial charge < -0.3 is 15.3 Å². The fourth-order valence-corrected chi connectivity index (χ4v) is 4.55. The Morgan fingerprint density at radius 2 is 1.76 bits per heavy atom. The molecule has 37 heavy (non-hydrogen) atoms. The number of aliphatic hydroxyl groups is 1. The lowest BCUT2D eigenvalue weighted by atomic mass is 10.0. The van der Waals surface area contributed by atoms with Gasteiger partial charge in [0, 0.05) is 48.7 Å². The smallest absolute Gasteiger partial charge is 0.225 e. The van der Waals surface area contributed by atoms with Crippen LogP contribution in [-0.4, -0.2) is 44.2 Å². The van der Waals surface area contributed by atoms with Crippen LogP contribution in [0.2, 0.25) is 5.02 Å². The van der Waals surface area contributed by atoms with Gasteiger partial charge in [0.15, 0.2) is 0 Å². The Kier molecular flexibility index (Phi) is 7.30. The first-order valence-corrected chi connectivity index (χ1v) is 12.7. The van der Waals surface area contributed by atoms with Crippen LogP contribution < -0.4 is 10.2 Å². The molecule has 0 saturated carbocycles. The van der Waals surface area contributed by atoms with E-state index < -0.39 is 5.82 Å². The molecule has 0 unspecified atom stereocenters. The summed E-state index contributed by atoms with van der Waals surface area (Å²) < 4.78 is 14.0. The Morgan fingerprint density at radius 1 is 1.00 bits per heavy atom. The topological polar surface area (TPSA) is 87.1 Å². The van der Waals surface area contributed by atoms with E-state index in [2.05, 4.69) is 49.2 Å². The van der Waals surface area contributed by atoms with E-state index in [0.29, 0.717) is 28.8 Å². The molecule has 1 aliphatic rings. The minimum Gasteiger partial charge on any atom is -0.393 e. The van der Waals surface area contributed by atoms with Crippen LogP contribution in [0.3, 0.4) is 0 Å². The standard InChI is InChI=1S/C28H28ClFN6O/c1-17(33-27-14-26(34-18(2)35-27)21-6-7-24(29)25(30)13-21)19-4-3-5-20(12-19)22-15-31-28(32-16-22)36-10-8-23(37)9-11-36/h3-7,12-17,23,37H,8-11H2,1-2H3,(H,33,34,35)/t17-/m0/s1. The number of benzene rings is 2. The van der Waals surface area contributed by atoms with Gasteiger partial charge in [0.2, 0.25) is 5.95 Å². The number of aryl methyl sites for hydroxylation is 1. The summed E-state index contributed by atoms with van der Waals surface area (Å²) in [5.74, 6) is 1.44. The lowest BCUT2D eigenvalue weighted by molar-refractivity contribution is 0.145. The fourth-order valence-electron chi connectivity index (χ4n) is 4.44. The number of nitrogens with zero attached hydrogens (tertiary/aromatic N) is 5. The average molecular weight is 519 g/mol. The molecule has 1 aliphatic heterocycles. The molecule has 0 spiro atoms. The summed E-state index contributed by atoms with van der Waals surface area (Å²) in [5.41, 5.74) is 4.27. The van der Waals surface area contributed by atoms with Gasteiger partial charge in [-0.2, -0.15) is 0 Å². The van der Waals surface area contributed by atoms with E-state index in [-0.39, 0.29) is 17.2 Å². The number of aliphatic hydroxyl groups excluding tert-OH is 1. The van der Waals surface area contributed by atoms with E-state index >= 15 is 0 Å². The molecular weight excluding hydrogens is 491 g/mol. The van der Waals surface area contributed by atoms with E-state index in [4.69, 9.17) is 11.6 Å². The highest BCUT2D eigenvalue weighted by Gasteiger charge is 2.19. The lowest BCUT2D eigenvalue weighted by Crippen LogP contribution is -2.36. The van der Waals surface area contributed by atoms with Crippen molar-refractivity contribution in [2.75, 3.05) is 23.3 Å². The Balaban J connectivity index is 1.32. The van der Waals surface area contributed by atoms with Gasteiger partial charge >= 0.3 is 0 Å². The minimum absolute atomic E-state index is 0.0518. The van der Waals surface area contributed by atoms with Gasteiger partial charge in [-0.05, 0) is 56.0 Å². The molecule has 1 saturated heterocycles. The number of halogens is 2. The summed E-state index contributed by atoms with van der Waals surface area (Å²) >= 11 is 5.83. The van der Waals surface area contributed by atoms with E-state index in [1.54, 1.807) is 6.07 Å². The molecule has 1 fully saturated rings. The molecule has 5 rings (SSSR count). The molecular formula is C28H28ClFN6O. The molecule has 0 amide bonds. The van der Waals surface area contributed by atoms with Gasteiger partial charge in [-0.15, -0.1) is 0 Å². The van der Waals surface area contributed by atoms with Crippen molar-refractivity contribution in [2.45, 2.75) is 38.8 Å². The number of piperidine rings is 1. The summed E-state index contributed by atoms with van der Waals surface area (Å²) in [6.07, 6.45) is 4.93. The third-order valence-corrected chi connectivity index (χ3v) is 6.83. The molecule has 7 nitrogen and oxygen atoms in total.